The molecule has 1 heterocycles. The van der Waals surface area contributed by atoms with E-state index in [0.717, 1.165) is 24.2 Å². The number of nitro benzene ring substituents is 1. The van der Waals surface area contributed by atoms with Gasteiger partial charge in [0.2, 0.25) is 0 Å². The highest BCUT2D eigenvalue weighted by Gasteiger charge is 2.40. The van der Waals surface area contributed by atoms with E-state index in [1.54, 1.807) is 0 Å². The van der Waals surface area contributed by atoms with E-state index in [4.69, 9.17) is 0 Å². The molecule has 1 aliphatic heterocycles. The number of unbranched alkanes of at least 4 members (excludes halogenated alkanes) is 13. The summed E-state index contributed by atoms with van der Waals surface area (Å²) in [6.07, 6.45) is 17.4. The van der Waals surface area contributed by atoms with Crippen LogP contribution in [-0.2, 0) is 0 Å². The maximum Gasteiger partial charge on any atom is 0.282 e. The number of amides is 2. The number of carbonyl (C=O) groups excluding carboxylic acids is 2. The SMILES string of the molecule is CCCCCCCCCCCCCCCCN1C(=O)c2cccc([N+](=O)[O-])c2C1=O. The highest BCUT2D eigenvalue weighted by molar-refractivity contribution is 6.23. The van der Waals surface area contributed by atoms with Gasteiger partial charge in [0.1, 0.15) is 5.56 Å². The van der Waals surface area contributed by atoms with Crippen LogP contribution in [0.4, 0.5) is 5.69 Å². The molecule has 6 heteroatoms. The summed E-state index contributed by atoms with van der Waals surface area (Å²) < 4.78 is 0. The van der Waals surface area contributed by atoms with E-state index in [1.165, 1.54) is 88.8 Å². The number of benzene rings is 1. The van der Waals surface area contributed by atoms with Crippen LogP contribution in [0.5, 0.6) is 0 Å². The average molecular weight is 417 g/mol. The van der Waals surface area contributed by atoms with Crippen molar-refractivity contribution >= 4 is 17.5 Å². The second kappa shape index (κ2) is 13.1. The molecule has 0 spiro atoms. The Hall–Kier alpha value is -2.24. The minimum Gasteiger partial charge on any atom is -0.274 e. The number of hydrogen-bond donors (Lipinski definition) is 0. The molecule has 0 N–H and O–H groups in total. The topological polar surface area (TPSA) is 80.5 Å². The van der Waals surface area contributed by atoms with Crippen molar-refractivity contribution in [2.24, 2.45) is 0 Å². The van der Waals surface area contributed by atoms with E-state index in [-0.39, 0.29) is 16.8 Å². The molecule has 2 amide bonds. The second-order valence-electron chi connectivity index (χ2n) is 8.31. The summed E-state index contributed by atoms with van der Waals surface area (Å²) in [5.74, 6) is -0.939. The Morgan fingerprint density at radius 3 is 1.77 bits per heavy atom. The number of nitrogens with zero attached hydrogens (tertiary/aromatic N) is 2. The molecule has 0 unspecified atom stereocenters. The fourth-order valence-corrected chi connectivity index (χ4v) is 4.14. The van der Waals surface area contributed by atoms with Crippen molar-refractivity contribution in [3.05, 3.63) is 39.4 Å². The molecule has 30 heavy (non-hydrogen) atoms. The lowest BCUT2D eigenvalue weighted by atomic mass is 10.0. The molecule has 166 valence electrons. The van der Waals surface area contributed by atoms with Gasteiger partial charge in [-0.25, -0.2) is 0 Å². The van der Waals surface area contributed by atoms with Crippen LogP contribution in [0.2, 0.25) is 0 Å². The molecule has 0 saturated heterocycles. The van der Waals surface area contributed by atoms with Crippen molar-refractivity contribution in [1.29, 1.82) is 0 Å². The largest absolute Gasteiger partial charge is 0.282 e. The van der Waals surface area contributed by atoms with Crippen LogP contribution in [0.25, 0.3) is 0 Å². The molecule has 1 aromatic rings. The summed E-state index contributed by atoms with van der Waals surface area (Å²) in [6.45, 7) is 2.58. The van der Waals surface area contributed by atoms with Gasteiger partial charge in [-0.15, -0.1) is 0 Å². The molecule has 0 bridgehead atoms. The summed E-state index contributed by atoms with van der Waals surface area (Å²) in [6, 6.07) is 4.23. The molecule has 6 nitrogen and oxygen atoms in total. The molecule has 0 saturated carbocycles. The molecular weight excluding hydrogens is 380 g/mol. The first kappa shape index (κ1) is 24.0. The second-order valence-corrected chi connectivity index (χ2v) is 8.31. The molecule has 0 fully saturated rings. The maximum absolute atomic E-state index is 12.5. The summed E-state index contributed by atoms with van der Waals surface area (Å²) in [4.78, 5) is 36.6. The van der Waals surface area contributed by atoms with Crippen molar-refractivity contribution in [3.8, 4) is 0 Å². The van der Waals surface area contributed by atoms with Crippen LogP contribution < -0.4 is 0 Å². The van der Waals surface area contributed by atoms with E-state index in [0.29, 0.717) is 6.54 Å². The van der Waals surface area contributed by atoms with Gasteiger partial charge in [0.25, 0.3) is 17.5 Å². The summed E-state index contributed by atoms with van der Waals surface area (Å²) >= 11 is 0. The molecule has 0 aromatic heterocycles. The normalized spacial score (nSPS) is 13.2. The predicted molar refractivity (Wildman–Crippen MR) is 119 cm³/mol. The lowest BCUT2D eigenvalue weighted by Gasteiger charge is -2.13. The van der Waals surface area contributed by atoms with E-state index in [2.05, 4.69) is 6.92 Å². The zero-order chi connectivity index (χ0) is 21.8. The molecule has 0 atom stereocenters. The third kappa shape index (κ3) is 6.92. The third-order valence-electron chi connectivity index (χ3n) is 5.91. The minimum absolute atomic E-state index is 0.0575. The summed E-state index contributed by atoms with van der Waals surface area (Å²) in [7, 11) is 0. The number of rotatable bonds is 16. The number of nitro groups is 1. The average Bonchev–Trinajstić information content (AvgIpc) is 2.98. The van der Waals surface area contributed by atoms with Crippen molar-refractivity contribution in [2.45, 2.75) is 96.8 Å². The molecule has 0 radical (unpaired) electrons. The number of carbonyl (C=O) groups is 2. The maximum atomic E-state index is 12.5. The van der Waals surface area contributed by atoms with E-state index >= 15 is 0 Å². The first-order chi connectivity index (χ1) is 14.6. The molecule has 2 rings (SSSR count). The standard InChI is InChI=1S/C24H36N2O4/c1-2-3-4-5-6-7-8-9-10-11-12-13-14-15-19-25-23(27)20-17-16-18-21(26(29)30)22(20)24(25)28/h16-18H,2-15,19H2,1H3. The van der Waals surface area contributed by atoms with Crippen LogP contribution in [0, 0.1) is 10.1 Å². The van der Waals surface area contributed by atoms with E-state index in [1.807, 2.05) is 0 Å². The van der Waals surface area contributed by atoms with Crippen molar-refractivity contribution in [2.75, 3.05) is 6.54 Å². The van der Waals surface area contributed by atoms with Crippen LogP contribution in [0.15, 0.2) is 18.2 Å². The lowest BCUT2D eigenvalue weighted by molar-refractivity contribution is -0.385. The monoisotopic (exact) mass is 416 g/mol. The first-order valence-electron chi connectivity index (χ1n) is 11.7. The van der Waals surface area contributed by atoms with Gasteiger partial charge in [-0.3, -0.25) is 24.6 Å². The first-order valence-corrected chi connectivity index (χ1v) is 11.7. The van der Waals surface area contributed by atoms with Gasteiger partial charge >= 0.3 is 0 Å². The Kier molecular flexibility index (Phi) is 10.5. The zero-order valence-electron chi connectivity index (χ0n) is 18.4. The third-order valence-corrected chi connectivity index (χ3v) is 5.91. The molecule has 1 aromatic carbocycles. The van der Waals surface area contributed by atoms with Gasteiger partial charge < -0.3 is 0 Å². The highest BCUT2D eigenvalue weighted by atomic mass is 16.6. The molecular formula is C24H36N2O4. The Morgan fingerprint density at radius 1 is 0.767 bits per heavy atom. The van der Waals surface area contributed by atoms with Gasteiger partial charge in [0.15, 0.2) is 0 Å². The Bertz CT molecular complexity index is 717. The van der Waals surface area contributed by atoms with Crippen molar-refractivity contribution < 1.29 is 14.5 Å². The van der Waals surface area contributed by atoms with Crippen molar-refractivity contribution in [3.63, 3.8) is 0 Å². The van der Waals surface area contributed by atoms with E-state index in [9.17, 15) is 19.7 Å². The highest BCUT2D eigenvalue weighted by Crippen LogP contribution is 2.30. The van der Waals surface area contributed by atoms with Gasteiger partial charge in [-0.05, 0) is 12.5 Å². The van der Waals surface area contributed by atoms with Gasteiger partial charge in [-0.2, -0.15) is 0 Å². The van der Waals surface area contributed by atoms with Crippen LogP contribution in [0.1, 0.15) is 118 Å². The summed E-state index contributed by atoms with van der Waals surface area (Å²) in [5, 5.41) is 11.1. The molecule has 1 aliphatic rings. The van der Waals surface area contributed by atoms with E-state index < -0.39 is 16.7 Å². The quantitative estimate of drug-likeness (QED) is 0.130. The minimum atomic E-state index is -0.597. The van der Waals surface area contributed by atoms with Gasteiger partial charge in [0, 0.05) is 12.6 Å². The zero-order valence-corrected chi connectivity index (χ0v) is 18.4. The van der Waals surface area contributed by atoms with Gasteiger partial charge in [-0.1, -0.05) is 96.5 Å². The number of fused-ring (bicyclic) bond motifs is 1. The Morgan fingerprint density at radius 2 is 1.27 bits per heavy atom. The predicted octanol–water partition coefficient (Wildman–Crippen LogP) is 6.67. The van der Waals surface area contributed by atoms with Crippen LogP contribution >= 0.6 is 0 Å². The number of hydrogen-bond acceptors (Lipinski definition) is 4. The van der Waals surface area contributed by atoms with Gasteiger partial charge in [0.05, 0.1) is 10.5 Å². The Balaban J connectivity index is 1.55. The number of imide groups is 1. The lowest BCUT2D eigenvalue weighted by Crippen LogP contribution is -2.30. The van der Waals surface area contributed by atoms with Crippen LogP contribution in [-0.4, -0.2) is 28.2 Å². The Labute approximate surface area is 180 Å². The van der Waals surface area contributed by atoms with Crippen LogP contribution in [0.3, 0.4) is 0 Å². The fourth-order valence-electron chi connectivity index (χ4n) is 4.14. The summed E-state index contributed by atoms with van der Waals surface area (Å²) in [5.41, 5.74) is -0.188. The van der Waals surface area contributed by atoms with Crippen molar-refractivity contribution in [1.82, 2.24) is 4.90 Å². The smallest absolute Gasteiger partial charge is 0.274 e. The molecule has 0 aliphatic carbocycles. The fraction of sp³-hybridized carbons (Fsp3) is 0.667.